The number of para-hydroxylation sites is 1. The summed E-state index contributed by atoms with van der Waals surface area (Å²) in [6, 6.07) is 10.9. The first-order valence-electron chi connectivity index (χ1n) is 5.86. The second kappa shape index (κ2) is 5.35. The summed E-state index contributed by atoms with van der Waals surface area (Å²) in [7, 11) is 0. The van der Waals surface area contributed by atoms with E-state index in [1.807, 2.05) is 50.2 Å². The van der Waals surface area contributed by atoms with E-state index in [-0.39, 0.29) is 6.03 Å². The van der Waals surface area contributed by atoms with Crippen LogP contribution in [0.2, 0.25) is 0 Å². The molecule has 0 unspecified atom stereocenters. The Balaban J connectivity index is 2.03. The molecule has 0 bridgehead atoms. The predicted molar refractivity (Wildman–Crippen MR) is 71.7 cm³/mol. The Labute approximate surface area is 106 Å². The van der Waals surface area contributed by atoms with Crippen molar-refractivity contribution in [2.75, 3.05) is 10.6 Å². The van der Waals surface area contributed by atoms with Crippen LogP contribution >= 0.6 is 0 Å². The van der Waals surface area contributed by atoms with Gasteiger partial charge in [0, 0.05) is 18.3 Å². The lowest BCUT2D eigenvalue weighted by atomic mass is 10.3. The third-order valence-electron chi connectivity index (χ3n) is 2.47. The van der Waals surface area contributed by atoms with E-state index >= 15 is 0 Å². The molecule has 1 heterocycles. The monoisotopic (exact) mass is 244 g/mol. The highest BCUT2D eigenvalue weighted by atomic mass is 16.2. The Hall–Kier alpha value is -2.30. The Bertz CT molecular complexity index is 533. The molecule has 1 aromatic heterocycles. The van der Waals surface area contributed by atoms with Gasteiger partial charge in [0.2, 0.25) is 0 Å². The van der Waals surface area contributed by atoms with Gasteiger partial charge >= 0.3 is 6.03 Å². The van der Waals surface area contributed by atoms with Crippen LogP contribution in [0, 0.1) is 6.92 Å². The summed E-state index contributed by atoms with van der Waals surface area (Å²) in [5, 5.41) is 9.80. The zero-order valence-electron chi connectivity index (χ0n) is 10.5. The molecule has 0 atom stereocenters. The van der Waals surface area contributed by atoms with E-state index in [9.17, 15) is 4.79 Å². The average molecular weight is 244 g/mol. The van der Waals surface area contributed by atoms with Gasteiger partial charge in [-0.05, 0) is 26.0 Å². The number of rotatable bonds is 3. The van der Waals surface area contributed by atoms with E-state index in [0.717, 1.165) is 17.9 Å². The van der Waals surface area contributed by atoms with Crippen LogP contribution in [0.4, 0.5) is 16.3 Å². The van der Waals surface area contributed by atoms with Gasteiger partial charge in [-0.25, -0.2) is 9.48 Å². The van der Waals surface area contributed by atoms with Crippen LogP contribution in [0.15, 0.2) is 36.4 Å². The number of benzene rings is 1. The topological polar surface area (TPSA) is 59.0 Å². The highest BCUT2D eigenvalue weighted by Crippen LogP contribution is 2.11. The molecule has 5 nitrogen and oxygen atoms in total. The van der Waals surface area contributed by atoms with Crippen molar-refractivity contribution < 1.29 is 4.79 Å². The number of amides is 2. The number of anilines is 2. The first-order valence-corrected chi connectivity index (χ1v) is 5.86. The highest BCUT2D eigenvalue weighted by Gasteiger charge is 2.07. The number of urea groups is 1. The molecular weight excluding hydrogens is 228 g/mol. The summed E-state index contributed by atoms with van der Waals surface area (Å²) >= 11 is 0. The predicted octanol–water partition coefficient (Wildman–Crippen LogP) is 2.86. The fourth-order valence-electron chi connectivity index (χ4n) is 1.69. The lowest BCUT2D eigenvalue weighted by molar-refractivity contribution is 0.262. The number of hydrogen-bond donors (Lipinski definition) is 2. The van der Waals surface area contributed by atoms with E-state index < -0.39 is 0 Å². The summed E-state index contributed by atoms with van der Waals surface area (Å²) < 4.78 is 1.75. The molecule has 0 saturated carbocycles. The van der Waals surface area contributed by atoms with E-state index in [0.29, 0.717) is 5.82 Å². The van der Waals surface area contributed by atoms with E-state index in [1.54, 1.807) is 4.68 Å². The van der Waals surface area contributed by atoms with Gasteiger partial charge in [0.1, 0.15) is 5.82 Å². The van der Waals surface area contributed by atoms with Crippen LogP contribution in [0.3, 0.4) is 0 Å². The van der Waals surface area contributed by atoms with E-state index in [2.05, 4.69) is 15.7 Å². The van der Waals surface area contributed by atoms with Crippen LogP contribution in [0.5, 0.6) is 0 Å². The largest absolute Gasteiger partial charge is 0.324 e. The maximum atomic E-state index is 11.8. The molecule has 2 aromatic rings. The minimum absolute atomic E-state index is 0.268. The van der Waals surface area contributed by atoms with Gasteiger partial charge in [0.15, 0.2) is 0 Å². The molecule has 94 valence electrons. The number of aromatic nitrogens is 2. The van der Waals surface area contributed by atoms with Gasteiger partial charge in [0.25, 0.3) is 0 Å². The Kier molecular flexibility index (Phi) is 3.62. The van der Waals surface area contributed by atoms with Gasteiger partial charge in [-0.3, -0.25) is 5.32 Å². The Morgan fingerprint density at radius 3 is 2.67 bits per heavy atom. The standard InChI is InChI=1S/C13H16N4O/c1-3-17-12(9-10(2)16-17)15-13(18)14-11-7-5-4-6-8-11/h4-9H,3H2,1-2H3,(H2,14,15,18). The quantitative estimate of drug-likeness (QED) is 0.872. The highest BCUT2D eigenvalue weighted by molar-refractivity contribution is 5.99. The summed E-state index contributed by atoms with van der Waals surface area (Å²) in [6.45, 7) is 4.59. The normalized spacial score (nSPS) is 10.1. The van der Waals surface area contributed by atoms with Crippen molar-refractivity contribution in [3.05, 3.63) is 42.1 Å². The van der Waals surface area contributed by atoms with Crippen molar-refractivity contribution in [1.82, 2.24) is 9.78 Å². The first-order chi connectivity index (χ1) is 8.69. The molecule has 2 N–H and O–H groups in total. The lowest BCUT2D eigenvalue weighted by Crippen LogP contribution is -2.21. The summed E-state index contributed by atoms with van der Waals surface area (Å²) in [5.41, 5.74) is 1.64. The fourth-order valence-corrected chi connectivity index (χ4v) is 1.69. The summed E-state index contributed by atoms with van der Waals surface area (Å²) in [4.78, 5) is 11.8. The number of carbonyl (C=O) groups is 1. The minimum atomic E-state index is -0.268. The number of hydrogen-bond acceptors (Lipinski definition) is 2. The van der Waals surface area contributed by atoms with Crippen LogP contribution in [0.1, 0.15) is 12.6 Å². The third-order valence-corrected chi connectivity index (χ3v) is 2.47. The Morgan fingerprint density at radius 1 is 1.28 bits per heavy atom. The molecule has 2 amide bonds. The van der Waals surface area contributed by atoms with Crippen LogP contribution < -0.4 is 10.6 Å². The van der Waals surface area contributed by atoms with Crippen LogP contribution in [0.25, 0.3) is 0 Å². The second-order valence-corrected chi connectivity index (χ2v) is 3.93. The number of nitrogens with one attached hydrogen (secondary N) is 2. The number of carbonyl (C=O) groups excluding carboxylic acids is 1. The van der Waals surface area contributed by atoms with Crippen molar-refractivity contribution in [2.24, 2.45) is 0 Å². The SMILES string of the molecule is CCn1nc(C)cc1NC(=O)Nc1ccccc1. The average Bonchev–Trinajstić information content (AvgIpc) is 2.70. The molecule has 0 spiro atoms. The van der Waals surface area contributed by atoms with Crippen LogP contribution in [-0.4, -0.2) is 15.8 Å². The summed E-state index contributed by atoms with van der Waals surface area (Å²) in [6.07, 6.45) is 0. The molecule has 0 aliphatic rings. The van der Waals surface area contributed by atoms with Crippen molar-refractivity contribution in [1.29, 1.82) is 0 Å². The molecule has 0 saturated heterocycles. The molecule has 1 aromatic carbocycles. The van der Waals surface area contributed by atoms with Gasteiger partial charge in [0.05, 0.1) is 5.69 Å². The molecule has 0 aliphatic carbocycles. The van der Waals surface area contributed by atoms with Crippen molar-refractivity contribution in [2.45, 2.75) is 20.4 Å². The molecular formula is C13H16N4O. The summed E-state index contributed by atoms with van der Waals surface area (Å²) in [5.74, 6) is 0.698. The van der Waals surface area contributed by atoms with Crippen LogP contribution in [-0.2, 0) is 6.54 Å². The van der Waals surface area contributed by atoms with Gasteiger partial charge in [-0.15, -0.1) is 0 Å². The van der Waals surface area contributed by atoms with E-state index in [4.69, 9.17) is 0 Å². The third kappa shape index (κ3) is 2.88. The zero-order valence-corrected chi connectivity index (χ0v) is 10.5. The van der Waals surface area contributed by atoms with E-state index in [1.165, 1.54) is 0 Å². The van der Waals surface area contributed by atoms with Crippen molar-refractivity contribution >= 4 is 17.5 Å². The molecule has 18 heavy (non-hydrogen) atoms. The smallest absolute Gasteiger partial charge is 0.308 e. The maximum Gasteiger partial charge on any atom is 0.324 e. The molecule has 0 aliphatic heterocycles. The number of aryl methyl sites for hydroxylation is 2. The zero-order chi connectivity index (χ0) is 13.0. The Morgan fingerprint density at radius 2 is 2.00 bits per heavy atom. The molecule has 5 heteroatoms. The van der Waals surface area contributed by atoms with Gasteiger partial charge in [-0.2, -0.15) is 5.10 Å². The number of nitrogens with zero attached hydrogens (tertiary/aromatic N) is 2. The molecule has 0 radical (unpaired) electrons. The van der Waals surface area contributed by atoms with Crippen molar-refractivity contribution in [3.63, 3.8) is 0 Å². The molecule has 0 fully saturated rings. The van der Waals surface area contributed by atoms with Gasteiger partial charge < -0.3 is 5.32 Å². The minimum Gasteiger partial charge on any atom is -0.308 e. The first kappa shape index (κ1) is 12.2. The second-order valence-electron chi connectivity index (χ2n) is 3.93. The fraction of sp³-hybridized carbons (Fsp3) is 0.231. The molecule has 2 rings (SSSR count). The van der Waals surface area contributed by atoms with Gasteiger partial charge in [-0.1, -0.05) is 18.2 Å². The lowest BCUT2D eigenvalue weighted by Gasteiger charge is -2.08. The van der Waals surface area contributed by atoms with Crippen molar-refractivity contribution in [3.8, 4) is 0 Å². The maximum absolute atomic E-state index is 11.8.